The number of nitrogen functional groups attached to an aromatic ring is 1. The quantitative estimate of drug-likeness (QED) is 0.716. The molecule has 0 radical (unpaired) electrons. The zero-order chi connectivity index (χ0) is 12.3. The van der Waals surface area contributed by atoms with Crippen LogP contribution in [0, 0.1) is 11.2 Å². The molecule has 0 atom stereocenters. The first-order valence-corrected chi connectivity index (χ1v) is 5.33. The molecule has 0 aliphatic carbocycles. The number of nitrogens with one attached hydrogen (secondary N) is 1. The molecular weight excluding hydrogens is 231 g/mol. The van der Waals surface area contributed by atoms with Gasteiger partial charge in [0.25, 0.3) is 0 Å². The van der Waals surface area contributed by atoms with Crippen LogP contribution in [0.5, 0.6) is 0 Å². The van der Waals surface area contributed by atoms with Gasteiger partial charge < -0.3 is 16.2 Å². The Labute approximate surface area is 99.4 Å². The lowest BCUT2D eigenvalue weighted by atomic mass is 9.95. The molecule has 3 nitrogen and oxygen atoms in total. The number of aliphatic hydroxyl groups excluding tert-OH is 1. The Morgan fingerprint density at radius 1 is 1.50 bits per heavy atom. The normalized spacial score (nSPS) is 11.6. The molecule has 0 aliphatic heterocycles. The second kappa shape index (κ2) is 4.89. The van der Waals surface area contributed by atoms with Crippen molar-refractivity contribution in [2.24, 2.45) is 5.41 Å². The molecule has 0 saturated carbocycles. The van der Waals surface area contributed by atoms with Gasteiger partial charge in [-0.2, -0.15) is 0 Å². The van der Waals surface area contributed by atoms with Crippen molar-refractivity contribution in [2.45, 2.75) is 13.8 Å². The molecule has 0 bridgehead atoms. The molecule has 1 aromatic carbocycles. The van der Waals surface area contributed by atoms with Crippen molar-refractivity contribution in [3.8, 4) is 0 Å². The number of nitrogens with two attached hydrogens (primary N) is 1. The molecule has 0 amide bonds. The molecule has 0 spiro atoms. The van der Waals surface area contributed by atoms with Crippen molar-refractivity contribution in [1.29, 1.82) is 0 Å². The van der Waals surface area contributed by atoms with Crippen LogP contribution in [0.25, 0.3) is 0 Å². The fraction of sp³-hybridized carbons (Fsp3) is 0.455. The number of hydrogen-bond donors (Lipinski definition) is 3. The van der Waals surface area contributed by atoms with E-state index in [1.807, 2.05) is 13.8 Å². The molecule has 0 heterocycles. The van der Waals surface area contributed by atoms with E-state index in [0.29, 0.717) is 17.9 Å². The highest BCUT2D eigenvalue weighted by molar-refractivity contribution is 6.31. The van der Waals surface area contributed by atoms with Crippen molar-refractivity contribution < 1.29 is 9.50 Å². The molecule has 5 heteroatoms. The second-order valence-corrected chi connectivity index (χ2v) is 4.94. The van der Waals surface area contributed by atoms with Gasteiger partial charge in [-0.05, 0) is 6.07 Å². The Morgan fingerprint density at radius 2 is 2.12 bits per heavy atom. The van der Waals surface area contributed by atoms with E-state index < -0.39 is 5.82 Å². The minimum atomic E-state index is -0.536. The Kier molecular flexibility index (Phi) is 3.99. The first kappa shape index (κ1) is 13.1. The molecular formula is C11H16ClFN2O. The van der Waals surface area contributed by atoms with Gasteiger partial charge >= 0.3 is 0 Å². The summed E-state index contributed by atoms with van der Waals surface area (Å²) in [6.45, 7) is 4.38. The number of hydrogen-bond acceptors (Lipinski definition) is 3. The topological polar surface area (TPSA) is 58.3 Å². The summed E-state index contributed by atoms with van der Waals surface area (Å²) >= 11 is 5.65. The summed E-state index contributed by atoms with van der Waals surface area (Å²) in [6.07, 6.45) is 0. The molecule has 0 unspecified atom stereocenters. The zero-order valence-corrected chi connectivity index (χ0v) is 10.1. The van der Waals surface area contributed by atoms with Crippen molar-refractivity contribution in [3.63, 3.8) is 0 Å². The zero-order valence-electron chi connectivity index (χ0n) is 9.35. The average molecular weight is 247 g/mol. The lowest BCUT2D eigenvalue weighted by Gasteiger charge is -2.23. The fourth-order valence-electron chi connectivity index (χ4n) is 1.11. The molecule has 1 aromatic rings. The minimum absolute atomic E-state index is 0.0264. The number of benzene rings is 1. The molecule has 16 heavy (non-hydrogen) atoms. The largest absolute Gasteiger partial charge is 0.397 e. The van der Waals surface area contributed by atoms with E-state index in [1.54, 1.807) is 0 Å². The molecule has 0 saturated heterocycles. The van der Waals surface area contributed by atoms with E-state index in [0.717, 1.165) is 0 Å². The third kappa shape index (κ3) is 3.25. The van der Waals surface area contributed by atoms with Gasteiger partial charge in [0, 0.05) is 24.6 Å². The van der Waals surface area contributed by atoms with E-state index >= 15 is 0 Å². The minimum Gasteiger partial charge on any atom is -0.397 e. The summed E-state index contributed by atoms with van der Waals surface area (Å²) in [6, 6.07) is 2.62. The predicted molar refractivity (Wildman–Crippen MR) is 65.2 cm³/mol. The summed E-state index contributed by atoms with van der Waals surface area (Å²) in [4.78, 5) is 0. The third-order valence-corrected chi connectivity index (χ3v) is 2.57. The van der Waals surface area contributed by atoms with Crippen molar-refractivity contribution >= 4 is 23.0 Å². The second-order valence-electron chi connectivity index (χ2n) is 4.53. The van der Waals surface area contributed by atoms with Crippen LogP contribution in [0.2, 0.25) is 5.02 Å². The van der Waals surface area contributed by atoms with Gasteiger partial charge in [-0.1, -0.05) is 25.4 Å². The van der Waals surface area contributed by atoms with Crippen LogP contribution in [-0.4, -0.2) is 18.3 Å². The van der Waals surface area contributed by atoms with E-state index in [-0.39, 0.29) is 17.0 Å². The van der Waals surface area contributed by atoms with Gasteiger partial charge in [-0.25, -0.2) is 4.39 Å². The van der Waals surface area contributed by atoms with Crippen LogP contribution in [-0.2, 0) is 0 Å². The number of aliphatic hydroxyl groups is 1. The molecule has 1 rings (SSSR count). The van der Waals surface area contributed by atoms with Gasteiger partial charge in [-0.3, -0.25) is 0 Å². The van der Waals surface area contributed by atoms with Gasteiger partial charge in [-0.15, -0.1) is 0 Å². The Morgan fingerprint density at radius 3 is 2.69 bits per heavy atom. The lowest BCUT2D eigenvalue weighted by Crippen LogP contribution is -2.27. The fourth-order valence-corrected chi connectivity index (χ4v) is 1.27. The smallest absolute Gasteiger partial charge is 0.143 e. The van der Waals surface area contributed by atoms with E-state index in [9.17, 15) is 4.39 Å². The first-order valence-electron chi connectivity index (χ1n) is 4.95. The molecule has 0 fully saturated rings. The highest BCUT2D eigenvalue weighted by Crippen LogP contribution is 2.27. The highest BCUT2D eigenvalue weighted by Gasteiger charge is 2.16. The third-order valence-electron chi connectivity index (χ3n) is 2.28. The summed E-state index contributed by atoms with van der Waals surface area (Å²) in [7, 11) is 0. The highest BCUT2D eigenvalue weighted by atomic mass is 35.5. The van der Waals surface area contributed by atoms with Crippen LogP contribution in [0.4, 0.5) is 15.8 Å². The van der Waals surface area contributed by atoms with Crippen LogP contribution >= 0.6 is 11.6 Å². The number of anilines is 2. The van der Waals surface area contributed by atoms with Crippen LogP contribution in [0.15, 0.2) is 12.1 Å². The van der Waals surface area contributed by atoms with Crippen molar-refractivity contribution in [1.82, 2.24) is 0 Å². The molecule has 0 aromatic heterocycles. The van der Waals surface area contributed by atoms with Gasteiger partial charge in [0.2, 0.25) is 0 Å². The van der Waals surface area contributed by atoms with Gasteiger partial charge in [0.05, 0.1) is 16.4 Å². The summed E-state index contributed by atoms with van der Waals surface area (Å²) < 4.78 is 13.0. The molecule has 0 aliphatic rings. The standard InChI is InChI=1S/C11H16ClFN2O/c1-11(2,6-16)5-15-10-3-7(12)8(13)4-9(10)14/h3-4,15-16H,5-6,14H2,1-2H3. The summed E-state index contributed by atoms with van der Waals surface area (Å²) in [5, 5.41) is 12.1. The monoisotopic (exact) mass is 246 g/mol. The SMILES string of the molecule is CC(C)(CO)CNc1cc(Cl)c(F)cc1N. The lowest BCUT2D eigenvalue weighted by molar-refractivity contribution is 0.171. The van der Waals surface area contributed by atoms with Crippen molar-refractivity contribution in [3.05, 3.63) is 23.0 Å². The summed E-state index contributed by atoms with van der Waals surface area (Å²) in [5.74, 6) is -0.536. The Hall–Kier alpha value is -1.00. The Balaban J connectivity index is 2.79. The van der Waals surface area contributed by atoms with Crippen LogP contribution < -0.4 is 11.1 Å². The Bertz CT molecular complexity index is 382. The molecule has 4 N–H and O–H groups in total. The van der Waals surface area contributed by atoms with Gasteiger partial charge in [0.15, 0.2) is 0 Å². The van der Waals surface area contributed by atoms with Crippen molar-refractivity contribution in [2.75, 3.05) is 24.2 Å². The van der Waals surface area contributed by atoms with Crippen LogP contribution in [0.1, 0.15) is 13.8 Å². The number of halogens is 2. The van der Waals surface area contributed by atoms with Crippen LogP contribution in [0.3, 0.4) is 0 Å². The van der Waals surface area contributed by atoms with Gasteiger partial charge in [0.1, 0.15) is 5.82 Å². The maximum atomic E-state index is 13.0. The average Bonchev–Trinajstić information content (AvgIpc) is 2.22. The predicted octanol–water partition coefficient (Wildman–Crippen LogP) is 2.49. The summed E-state index contributed by atoms with van der Waals surface area (Å²) in [5.41, 5.74) is 6.25. The number of rotatable bonds is 4. The van der Waals surface area contributed by atoms with E-state index in [4.69, 9.17) is 22.4 Å². The van der Waals surface area contributed by atoms with E-state index in [1.165, 1.54) is 12.1 Å². The molecule has 90 valence electrons. The first-order chi connectivity index (χ1) is 7.35. The maximum absolute atomic E-state index is 13.0. The van der Waals surface area contributed by atoms with E-state index in [2.05, 4.69) is 5.32 Å². The maximum Gasteiger partial charge on any atom is 0.143 e.